The lowest BCUT2D eigenvalue weighted by molar-refractivity contribution is 0.0997. The molecular weight excluding hydrogens is 385 g/mol. The van der Waals surface area contributed by atoms with Gasteiger partial charge in [-0.1, -0.05) is 39.7 Å². The van der Waals surface area contributed by atoms with E-state index in [9.17, 15) is 9.18 Å². The highest BCUT2D eigenvalue weighted by Gasteiger charge is 2.13. The lowest BCUT2D eigenvalue weighted by Crippen LogP contribution is -2.10. The first kappa shape index (κ1) is 15.8. The van der Waals surface area contributed by atoms with Crippen LogP contribution in [0.4, 0.5) is 10.1 Å². The van der Waals surface area contributed by atoms with Gasteiger partial charge in [0.1, 0.15) is 11.6 Å². The molecule has 0 atom stereocenters. The van der Waals surface area contributed by atoms with Gasteiger partial charge >= 0.3 is 0 Å². The van der Waals surface area contributed by atoms with Crippen LogP contribution in [-0.2, 0) is 0 Å². The van der Waals surface area contributed by atoms with Gasteiger partial charge < -0.3 is 9.73 Å². The Kier molecular flexibility index (Phi) is 4.50. The Morgan fingerprint density at radius 2 is 1.83 bits per heavy atom. The molecule has 0 unspecified atom stereocenters. The van der Waals surface area contributed by atoms with Gasteiger partial charge in [0.05, 0.1) is 5.02 Å². The summed E-state index contributed by atoms with van der Waals surface area (Å²) in [4.78, 5) is 12.2. The Morgan fingerprint density at radius 3 is 2.52 bits per heavy atom. The number of benzene rings is 2. The Morgan fingerprint density at radius 1 is 1.09 bits per heavy atom. The molecule has 6 heteroatoms. The third-order valence-electron chi connectivity index (χ3n) is 3.14. The summed E-state index contributed by atoms with van der Waals surface area (Å²) in [5.74, 6) is -0.237. The normalized spacial score (nSPS) is 10.6. The molecule has 2 aromatic carbocycles. The zero-order valence-electron chi connectivity index (χ0n) is 11.6. The molecule has 1 aromatic heterocycles. The number of carbonyl (C=O) groups excluding carboxylic acids is 1. The smallest absolute Gasteiger partial charge is 0.291 e. The molecule has 0 aliphatic carbocycles. The highest BCUT2D eigenvalue weighted by atomic mass is 79.9. The van der Waals surface area contributed by atoms with Crippen LogP contribution in [0.5, 0.6) is 0 Å². The molecule has 0 saturated carbocycles. The number of amides is 1. The zero-order chi connectivity index (χ0) is 16.4. The summed E-state index contributed by atoms with van der Waals surface area (Å²) >= 11 is 9.05. The minimum atomic E-state index is -0.541. The maximum absolute atomic E-state index is 13.1. The highest BCUT2D eigenvalue weighted by Crippen LogP contribution is 2.25. The number of hydrogen-bond acceptors (Lipinski definition) is 2. The molecule has 3 nitrogen and oxygen atoms in total. The number of halogens is 3. The molecule has 23 heavy (non-hydrogen) atoms. The van der Waals surface area contributed by atoms with Crippen LogP contribution in [0.25, 0.3) is 11.3 Å². The van der Waals surface area contributed by atoms with E-state index in [0.717, 1.165) is 10.0 Å². The van der Waals surface area contributed by atoms with Crippen molar-refractivity contribution in [2.45, 2.75) is 0 Å². The highest BCUT2D eigenvalue weighted by molar-refractivity contribution is 9.10. The molecule has 3 aromatic rings. The van der Waals surface area contributed by atoms with Crippen molar-refractivity contribution in [3.05, 3.63) is 75.7 Å². The molecule has 0 radical (unpaired) electrons. The monoisotopic (exact) mass is 393 g/mol. The SMILES string of the molecule is O=C(Nc1ccc(F)c(Cl)c1)c1ccc(-c2ccc(Br)cc2)o1. The van der Waals surface area contributed by atoms with Crippen molar-refractivity contribution in [2.24, 2.45) is 0 Å². The second-order valence-electron chi connectivity index (χ2n) is 4.75. The van der Waals surface area contributed by atoms with Gasteiger partial charge in [0, 0.05) is 15.7 Å². The molecule has 1 N–H and O–H groups in total. The van der Waals surface area contributed by atoms with Crippen LogP contribution in [0.2, 0.25) is 5.02 Å². The summed E-state index contributed by atoms with van der Waals surface area (Å²) in [6, 6.07) is 14.8. The van der Waals surface area contributed by atoms with Gasteiger partial charge in [-0.05, 0) is 42.5 Å². The number of nitrogens with one attached hydrogen (secondary N) is 1. The minimum absolute atomic E-state index is 0.0576. The van der Waals surface area contributed by atoms with Gasteiger partial charge in [-0.3, -0.25) is 4.79 Å². The van der Waals surface area contributed by atoms with Gasteiger partial charge in [0.15, 0.2) is 5.76 Å². The maximum Gasteiger partial charge on any atom is 0.291 e. The van der Waals surface area contributed by atoms with Gasteiger partial charge in [-0.2, -0.15) is 0 Å². The Bertz CT molecular complexity index is 861. The van der Waals surface area contributed by atoms with E-state index >= 15 is 0 Å². The van der Waals surface area contributed by atoms with Crippen LogP contribution in [0, 0.1) is 5.82 Å². The molecule has 3 rings (SSSR count). The topological polar surface area (TPSA) is 42.2 Å². The molecule has 0 aliphatic rings. The summed E-state index contributed by atoms with van der Waals surface area (Å²) in [7, 11) is 0. The number of furan rings is 1. The van der Waals surface area contributed by atoms with Crippen LogP contribution in [0.3, 0.4) is 0 Å². The third-order valence-corrected chi connectivity index (χ3v) is 3.95. The van der Waals surface area contributed by atoms with E-state index in [1.54, 1.807) is 12.1 Å². The fourth-order valence-corrected chi connectivity index (χ4v) is 2.44. The molecule has 1 amide bonds. The number of anilines is 1. The van der Waals surface area contributed by atoms with Crippen molar-refractivity contribution in [1.82, 2.24) is 0 Å². The first-order valence-corrected chi connectivity index (χ1v) is 7.82. The Hall–Kier alpha value is -2.11. The van der Waals surface area contributed by atoms with Gasteiger partial charge in [0.25, 0.3) is 5.91 Å². The molecule has 0 saturated heterocycles. The number of rotatable bonds is 3. The lowest BCUT2D eigenvalue weighted by Gasteiger charge is -2.04. The quantitative estimate of drug-likeness (QED) is 0.614. The van der Waals surface area contributed by atoms with Crippen molar-refractivity contribution in [3.8, 4) is 11.3 Å². The maximum atomic E-state index is 13.1. The van der Waals surface area contributed by atoms with E-state index in [1.165, 1.54) is 18.2 Å². The van der Waals surface area contributed by atoms with Crippen LogP contribution in [0.15, 0.2) is 63.5 Å². The first-order chi connectivity index (χ1) is 11.0. The number of hydrogen-bond donors (Lipinski definition) is 1. The summed E-state index contributed by atoms with van der Waals surface area (Å²) in [6.45, 7) is 0. The fraction of sp³-hybridized carbons (Fsp3) is 0. The van der Waals surface area contributed by atoms with Crippen LogP contribution in [-0.4, -0.2) is 5.91 Å². The summed E-state index contributed by atoms with van der Waals surface area (Å²) in [6.07, 6.45) is 0. The predicted molar refractivity (Wildman–Crippen MR) is 91.2 cm³/mol. The molecule has 0 fully saturated rings. The standard InChI is InChI=1S/C17H10BrClFNO2/c18-11-3-1-10(2-4-11)15-7-8-16(23-15)17(22)21-12-5-6-14(20)13(19)9-12/h1-9H,(H,21,22). The van der Waals surface area contributed by atoms with Crippen LogP contribution in [0.1, 0.15) is 10.6 Å². The minimum Gasteiger partial charge on any atom is -0.451 e. The van der Waals surface area contributed by atoms with E-state index in [4.69, 9.17) is 16.0 Å². The number of carbonyl (C=O) groups is 1. The molecule has 116 valence electrons. The summed E-state index contributed by atoms with van der Waals surface area (Å²) in [5.41, 5.74) is 1.25. The van der Waals surface area contributed by atoms with Gasteiger partial charge in [-0.25, -0.2) is 4.39 Å². The molecular formula is C17H10BrClFNO2. The van der Waals surface area contributed by atoms with Crippen molar-refractivity contribution < 1.29 is 13.6 Å². The van der Waals surface area contributed by atoms with E-state index in [1.807, 2.05) is 24.3 Å². The molecule has 0 bridgehead atoms. The lowest BCUT2D eigenvalue weighted by atomic mass is 10.2. The van der Waals surface area contributed by atoms with Crippen LogP contribution >= 0.6 is 27.5 Å². The predicted octanol–water partition coefficient (Wildman–Crippen LogP) is 5.75. The third kappa shape index (κ3) is 3.63. The summed E-state index contributed by atoms with van der Waals surface area (Å²) < 4.78 is 19.6. The second kappa shape index (κ2) is 6.56. The van der Waals surface area contributed by atoms with Crippen molar-refractivity contribution in [3.63, 3.8) is 0 Å². The largest absolute Gasteiger partial charge is 0.451 e. The van der Waals surface area contributed by atoms with Crippen molar-refractivity contribution >= 4 is 39.1 Å². The molecule has 0 aliphatic heterocycles. The van der Waals surface area contributed by atoms with E-state index < -0.39 is 11.7 Å². The van der Waals surface area contributed by atoms with Crippen molar-refractivity contribution in [1.29, 1.82) is 0 Å². The first-order valence-electron chi connectivity index (χ1n) is 6.65. The second-order valence-corrected chi connectivity index (χ2v) is 6.08. The average molecular weight is 395 g/mol. The molecule has 0 spiro atoms. The van der Waals surface area contributed by atoms with Gasteiger partial charge in [0.2, 0.25) is 0 Å². The van der Waals surface area contributed by atoms with E-state index in [0.29, 0.717) is 11.4 Å². The van der Waals surface area contributed by atoms with Gasteiger partial charge in [-0.15, -0.1) is 0 Å². The van der Waals surface area contributed by atoms with Crippen LogP contribution < -0.4 is 5.32 Å². The Balaban J connectivity index is 1.78. The summed E-state index contributed by atoms with van der Waals surface area (Å²) in [5, 5.41) is 2.55. The fourth-order valence-electron chi connectivity index (χ4n) is 2.00. The average Bonchev–Trinajstić information content (AvgIpc) is 3.02. The van der Waals surface area contributed by atoms with E-state index in [2.05, 4.69) is 21.2 Å². The Labute approximate surface area is 145 Å². The zero-order valence-corrected chi connectivity index (χ0v) is 14.0. The molecule has 1 heterocycles. The van der Waals surface area contributed by atoms with Crippen molar-refractivity contribution in [2.75, 3.05) is 5.32 Å². The van der Waals surface area contributed by atoms with E-state index in [-0.39, 0.29) is 10.8 Å².